The predicted octanol–water partition coefficient (Wildman–Crippen LogP) is 0.640. The Morgan fingerprint density at radius 1 is 1.57 bits per heavy atom. The number of hydrogen-bond donors (Lipinski definition) is 2. The van der Waals surface area contributed by atoms with Gasteiger partial charge in [0.05, 0.1) is 0 Å². The summed E-state index contributed by atoms with van der Waals surface area (Å²) in [4.78, 5) is 4.00. The van der Waals surface area contributed by atoms with Gasteiger partial charge in [0, 0.05) is 18.8 Å². The molecule has 0 fully saturated rings. The van der Waals surface area contributed by atoms with E-state index in [0.29, 0.717) is 17.0 Å². The fourth-order valence-electron chi connectivity index (χ4n) is 1.15. The molecular weight excluding hydrogens is 198 g/mol. The van der Waals surface area contributed by atoms with E-state index in [1.807, 2.05) is 12.1 Å². The van der Waals surface area contributed by atoms with Gasteiger partial charge in [-0.05, 0) is 23.8 Å². The molecule has 72 valence electrons. The lowest BCUT2D eigenvalue weighted by Gasteiger charge is -1.99. The Kier molecular flexibility index (Phi) is 2.28. The summed E-state index contributed by atoms with van der Waals surface area (Å²) in [5.41, 5.74) is 1.05. The number of aromatic amines is 1. The minimum absolute atomic E-state index is 0.420. The SMILES string of the molecule is Nn1c(Cc2cccnc2)n[nH]c1=S. The van der Waals surface area contributed by atoms with Gasteiger partial charge in [0.1, 0.15) is 0 Å². The van der Waals surface area contributed by atoms with Crippen LogP contribution in [0.5, 0.6) is 0 Å². The first-order valence-corrected chi connectivity index (χ1v) is 4.48. The topological polar surface area (TPSA) is 72.5 Å². The number of nitrogen functional groups attached to an aromatic ring is 1. The summed E-state index contributed by atoms with van der Waals surface area (Å²) in [6.45, 7) is 0. The highest BCUT2D eigenvalue weighted by molar-refractivity contribution is 7.71. The molecule has 6 heteroatoms. The van der Waals surface area contributed by atoms with Crippen molar-refractivity contribution < 1.29 is 0 Å². The summed E-state index contributed by atoms with van der Waals surface area (Å²) in [5, 5.41) is 6.63. The van der Waals surface area contributed by atoms with E-state index in [9.17, 15) is 0 Å². The molecule has 2 rings (SSSR count). The highest BCUT2D eigenvalue weighted by Crippen LogP contribution is 2.03. The second-order valence-corrected chi connectivity index (χ2v) is 3.24. The number of hydrogen-bond acceptors (Lipinski definition) is 4. The van der Waals surface area contributed by atoms with Crippen molar-refractivity contribution in [2.75, 3.05) is 5.84 Å². The van der Waals surface area contributed by atoms with E-state index in [0.717, 1.165) is 5.56 Å². The van der Waals surface area contributed by atoms with Crippen LogP contribution in [0.2, 0.25) is 0 Å². The summed E-state index contributed by atoms with van der Waals surface area (Å²) in [7, 11) is 0. The van der Waals surface area contributed by atoms with Crippen LogP contribution in [-0.4, -0.2) is 19.9 Å². The Morgan fingerprint density at radius 2 is 2.43 bits per heavy atom. The molecule has 2 heterocycles. The van der Waals surface area contributed by atoms with Gasteiger partial charge in [-0.25, -0.2) is 4.68 Å². The fourth-order valence-corrected chi connectivity index (χ4v) is 1.30. The maximum absolute atomic E-state index is 5.65. The minimum atomic E-state index is 0.420. The molecule has 0 radical (unpaired) electrons. The third-order valence-electron chi connectivity index (χ3n) is 1.86. The van der Waals surface area contributed by atoms with Crippen molar-refractivity contribution in [3.8, 4) is 0 Å². The van der Waals surface area contributed by atoms with Crippen molar-refractivity contribution in [1.82, 2.24) is 19.9 Å². The number of nitrogens with two attached hydrogens (primary N) is 1. The molecule has 0 saturated heterocycles. The minimum Gasteiger partial charge on any atom is -0.335 e. The molecule has 2 aromatic heterocycles. The maximum Gasteiger partial charge on any atom is 0.214 e. The van der Waals surface area contributed by atoms with Gasteiger partial charge in [0.25, 0.3) is 0 Å². The molecule has 0 aliphatic heterocycles. The summed E-state index contributed by atoms with van der Waals surface area (Å²) in [5.74, 6) is 6.35. The van der Waals surface area contributed by atoms with Crippen molar-refractivity contribution in [3.63, 3.8) is 0 Å². The second-order valence-electron chi connectivity index (χ2n) is 2.85. The van der Waals surface area contributed by atoms with Gasteiger partial charge in [0.15, 0.2) is 5.82 Å². The number of H-pyrrole nitrogens is 1. The smallest absolute Gasteiger partial charge is 0.214 e. The molecule has 2 aromatic rings. The van der Waals surface area contributed by atoms with E-state index < -0.39 is 0 Å². The number of nitrogens with zero attached hydrogens (tertiary/aromatic N) is 3. The quantitative estimate of drug-likeness (QED) is 0.560. The number of aromatic nitrogens is 4. The second kappa shape index (κ2) is 3.59. The van der Waals surface area contributed by atoms with Crippen LogP contribution in [0, 0.1) is 4.77 Å². The van der Waals surface area contributed by atoms with E-state index >= 15 is 0 Å². The molecule has 0 bridgehead atoms. The van der Waals surface area contributed by atoms with Gasteiger partial charge in [-0.1, -0.05) is 6.07 Å². The van der Waals surface area contributed by atoms with E-state index in [2.05, 4.69) is 15.2 Å². The van der Waals surface area contributed by atoms with E-state index in [4.69, 9.17) is 18.1 Å². The maximum atomic E-state index is 5.65. The van der Waals surface area contributed by atoms with Gasteiger partial charge in [-0.3, -0.25) is 10.1 Å². The Balaban J connectivity index is 2.28. The van der Waals surface area contributed by atoms with Crippen LogP contribution in [0.4, 0.5) is 0 Å². The highest BCUT2D eigenvalue weighted by Gasteiger charge is 2.03. The average molecular weight is 207 g/mol. The fraction of sp³-hybridized carbons (Fsp3) is 0.125. The molecule has 0 aliphatic rings. The Bertz CT molecular complexity index is 472. The molecule has 0 amide bonds. The Labute approximate surface area is 85.6 Å². The first kappa shape index (κ1) is 8.89. The van der Waals surface area contributed by atoms with Crippen LogP contribution in [0.15, 0.2) is 24.5 Å². The van der Waals surface area contributed by atoms with E-state index in [1.165, 1.54) is 4.68 Å². The van der Waals surface area contributed by atoms with Crippen LogP contribution in [0.3, 0.4) is 0 Å². The average Bonchev–Trinajstić information content (AvgIpc) is 2.52. The van der Waals surface area contributed by atoms with Crippen LogP contribution in [0.1, 0.15) is 11.4 Å². The zero-order valence-corrected chi connectivity index (χ0v) is 8.16. The van der Waals surface area contributed by atoms with Crippen molar-refractivity contribution in [2.45, 2.75) is 6.42 Å². The molecule has 0 saturated carbocycles. The molecular formula is C8H9N5S. The van der Waals surface area contributed by atoms with Crippen LogP contribution in [-0.2, 0) is 6.42 Å². The molecule has 0 aromatic carbocycles. The van der Waals surface area contributed by atoms with Gasteiger partial charge in [-0.2, -0.15) is 5.10 Å². The van der Waals surface area contributed by atoms with Crippen LogP contribution in [0.25, 0.3) is 0 Å². The molecule has 5 nitrogen and oxygen atoms in total. The number of nitrogens with one attached hydrogen (secondary N) is 1. The molecule has 0 atom stereocenters. The van der Waals surface area contributed by atoms with Gasteiger partial charge in [0.2, 0.25) is 4.77 Å². The monoisotopic (exact) mass is 207 g/mol. The van der Waals surface area contributed by atoms with Gasteiger partial charge in [-0.15, -0.1) is 0 Å². The predicted molar refractivity (Wildman–Crippen MR) is 54.6 cm³/mol. The van der Waals surface area contributed by atoms with Gasteiger partial charge < -0.3 is 5.84 Å². The third kappa shape index (κ3) is 1.64. The molecule has 3 N–H and O–H groups in total. The highest BCUT2D eigenvalue weighted by atomic mass is 32.1. The van der Waals surface area contributed by atoms with Crippen molar-refractivity contribution in [3.05, 3.63) is 40.7 Å². The third-order valence-corrected chi connectivity index (χ3v) is 2.15. The zero-order valence-electron chi connectivity index (χ0n) is 7.34. The number of pyridine rings is 1. The lowest BCUT2D eigenvalue weighted by atomic mass is 10.2. The molecule has 14 heavy (non-hydrogen) atoms. The summed E-state index contributed by atoms with van der Waals surface area (Å²) in [6, 6.07) is 3.84. The van der Waals surface area contributed by atoms with Crippen molar-refractivity contribution in [1.29, 1.82) is 0 Å². The zero-order chi connectivity index (χ0) is 9.97. The van der Waals surface area contributed by atoms with Crippen LogP contribution < -0.4 is 5.84 Å². The van der Waals surface area contributed by atoms with Crippen LogP contribution >= 0.6 is 12.2 Å². The molecule has 0 spiro atoms. The Morgan fingerprint density at radius 3 is 3.00 bits per heavy atom. The molecule has 0 unspecified atom stereocenters. The first-order chi connectivity index (χ1) is 6.77. The van der Waals surface area contributed by atoms with Gasteiger partial charge >= 0.3 is 0 Å². The summed E-state index contributed by atoms with van der Waals surface area (Å²) < 4.78 is 1.78. The Hall–Kier alpha value is -1.69. The van der Waals surface area contributed by atoms with Crippen molar-refractivity contribution >= 4 is 12.2 Å². The largest absolute Gasteiger partial charge is 0.335 e. The standard InChI is InChI=1S/C8H9N5S/c9-13-7(11-12-8(13)14)4-6-2-1-3-10-5-6/h1-3,5H,4,9H2,(H,12,14). The van der Waals surface area contributed by atoms with E-state index in [1.54, 1.807) is 12.4 Å². The normalized spacial score (nSPS) is 10.3. The lowest BCUT2D eigenvalue weighted by molar-refractivity contribution is 0.865. The lowest BCUT2D eigenvalue weighted by Crippen LogP contribution is -2.13. The molecule has 0 aliphatic carbocycles. The summed E-state index contributed by atoms with van der Waals surface area (Å²) in [6.07, 6.45) is 4.12. The summed E-state index contributed by atoms with van der Waals surface area (Å²) >= 11 is 4.89. The first-order valence-electron chi connectivity index (χ1n) is 4.07. The van der Waals surface area contributed by atoms with E-state index in [-0.39, 0.29) is 0 Å². The number of rotatable bonds is 2. The van der Waals surface area contributed by atoms with Crippen molar-refractivity contribution in [2.24, 2.45) is 0 Å².